The molecule has 0 radical (unpaired) electrons. The van der Waals surface area contributed by atoms with Gasteiger partial charge in [-0.25, -0.2) is 0 Å². The Morgan fingerprint density at radius 1 is 1.11 bits per heavy atom. The first-order valence-corrected chi connectivity index (χ1v) is 9.52. The molecule has 1 aliphatic rings. The van der Waals surface area contributed by atoms with Gasteiger partial charge in [0.05, 0.1) is 6.54 Å². The van der Waals surface area contributed by atoms with E-state index in [-0.39, 0.29) is 5.91 Å². The monoisotopic (exact) mass is 367 g/mol. The van der Waals surface area contributed by atoms with Crippen molar-refractivity contribution in [2.75, 3.05) is 26.2 Å². The fourth-order valence-electron chi connectivity index (χ4n) is 3.68. The lowest BCUT2D eigenvalue weighted by atomic mass is 10.1. The highest BCUT2D eigenvalue weighted by Crippen LogP contribution is 2.21. The van der Waals surface area contributed by atoms with Crippen LogP contribution in [0.4, 0.5) is 0 Å². The summed E-state index contributed by atoms with van der Waals surface area (Å²) in [6.45, 7) is 5.84. The normalized spacial score (nSPS) is 16.0. The van der Waals surface area contributed by atoms with Crippen LogP contribution < -0.4 is 0 Å². The van der Waals surface area contributed by atoms with Crippen molar-refractivity contribution in [1.29, 1.82) is 0 Å². The van der Waals surface area contributed by atoms with Crippen LogP contribution in [-0.4, -0.2) is 56.7 Å². The Hall–Kier alpha value is -2.67. The Bertz CT molecular complexity index is 945. The Labute approximate surface area is 158 Å². The van der Waals surface area contributed by atoms with Crippen molar-refractivity contribution in [3.63, 3.8) is 0 Å². The molecule has 1 aliphatic heterocycles. The Morgan fingerprint density at radius 2 is 1.96 bits per heavy atom. The highest BCUT2D eigenvalue weighted by atomic mass is 16.4. The predicted molar refractivity (Wildman–Crippen MR) is 102 cm³/mol. The van der Waals surface area contributed by atoms with E-state index in [1.165, 1.54) is 0 Å². The zero-order valence-electron chi connectivity index (χ0n) is 15.9. The number of aromatic nitrogens is 3. The molecule has 27 heavy (non-hydrogen) atoms. The second-order valence-corrected chi connectivity index (χ2v) is 7.03. The number of nitrogens with zero attached hydrogens (tertiary/aromatic N) is 5. The van der Waals surface area contributed by atoms with Gasteiger partial charge in [-0.05, 0) is 24.6 Å². The molecule has 0 aliphatic carbocycles. The Balaban J connectivity index is 1.45. The largest absolute Gasteiger partial charge is 0.424 e. The van der Waals surface area contributed by atoms with Crippen molar-refractivity contribution in [2.24, 2.45) is 7.05 Å². The molecule has 1 amide bonds. The van der Waals surface area contributed by atoms with Crippen molar-refractivity contribution in [3.8, 4) is 0 Å². The zero-order valence-corrected chi connectivity index (χ0v) is 15.9. The van der Waals surface area contributed by atoms with Crippen LogP contribution in [0.3, 0.4) is 0 Å². The molecule has 0 saturated carbocycles. The van der Waals surface area contributed by atoms with Crippen LogP contribution in [0.5, 0.6) is 0 Å². The number of hydrogen-bond acceptors (Lipinski definition) is 5. The molecule has 1 saturated heterocycles. The number of rotatable bonds is 4. The summed E-state index contributed by atoms with van der Waals surface area (Å²) in [5.41, 5.74) is 1.87. The lowest BCUT2D eigenvalue weighted by Gasteiger charge is -2.21. The molecule has 142 valence electrons. The van der Waals surface area contributed by atoms with E-state index in [9.17, 15) is 4.79 Å². The minimum absolute atomic E-state index is 0.111. The van der Waals surface area contributed by atoms with E-state index in [1.54, 1.807) is 0 Å². The van der Waals surface area contributed by atoms with Crippen LogP contribution in [0.15, 0.2) is 34.9 Å². The van der Waals surface area contributed by atoms with Crippen molar-refractivity contribution in [1.82, 2.24) is 24.6 Å². The van der Waals surface area contributed by atoms with Gasteiger partial charge in [-0.3, -0.25) is 9.69 Å². The Kier molecular flexibility index (Phi) is 4.94. The average Bonchev–Trinajstić information content (AvgIpc) is 3.22. The molecule has 0 bridgehead atoms. The second kappa shape index (κ2) is 7.52. The molecule has 0 N–H and O–H groups in total. The Morgan fingerprint density at radius 3 is 2.78 bits per heavy atom. The summed E-state index contributed by atoms with van der Waals surface area (Å²) in [6.07, 6.45) is 3.69. The van der Waals surface area contributed by atoms with E-state index < -0.39 is 0 Å². The van der Waals surface area contributed by atoms with Gasteiger partial charge in [-0.1, -0.05) is 13.0 Å². The van der Waals surface area contributed by atoms with Gasteiger partial charge in [0.15, 0.2) is 0 Å². The summed E-state index contributed by atoms with van der Waals surface area (Å²) in [6, 6.07) is 7.96. The predicted octanol–water partition coefficient (Wildman–Crippen LogP) is 2.47. The number of aryl methyl sites for hydroxylation is 2. The molecular formula is C20H25N5O2. The maximum absolute atomic E-state index is 13.1. The van der Waals surface area contributed by atoms with Crippen molar-refractivity contribution < 1.29 is 9.21 Å². The van der Waals surface area contributed by atoms with Crippen molar-refractivity contribution in [3.05, 3.63) is 47.8 Å². The molecule has 7 nitrogen and oxygen atoms in total. The van der Waals surface area contributed by atoms with Crippen LogP contribution >= 0.6 is 0 Å². The second-order valence-electron chi connectivity index (χ2n) is 7.03. The first-order valence-electron chi connectivity index (χ1n) is 9.52. The number of carbonyl (C=O) groups is 1. The third-order valence-corrected chi connectivity index (χ3v) is 5.20. The average molecular weight is 367 g/mol. The molecule has 0 atom stereocenters. The van der Waals surface area contributed by atoms with E-state index >= 15 is 0 Å². The molecule has 7 heteroatoms. The van der Waals surface area contributed by atoms with Gasteiger partial charge in [0.25, 0.3) is 5.91 Å². The quantitative estimate of drug-likeness (QED) is 0.709. The number of carbonyl (C=O) groups excluding carboxylic acids is 1. The number of fused-ring (bicyclic) bond motifs is 1. The molecule has 2 aromatic heterocycles. The van der Waals surface area contributed by atoms with Crippen LogP contribution in [-0.2, 0) is 20.0 Å². The maximum atomic E-state index is 13.1. The summed E-state index contributed by atoms with van der Waals surface area (Å²) in [4.78, 5) is 17.4. The van der Waals surface area contributed by atoms with Gasteiger partial charge < -0.3 is 13.9 Å². The van der Waals surface area contributed by atoms with Crippen LogP contribution in [0.25, 0.3) is 10.9 Å². The summed E-state index contributed by atoms with van der Waals surface area (Å²) in [5, 5.41) is 9.15. The molecule has 1 fully saturated rings. The molecule has 3 heterocycles. The lowest BCUT2D eigenvalue weighted by molar-refractivity contribution is 0.0762. The van der Waals surface area contributed by atoms with Gasteiger partial charge in [0.1, 0.15) is 0 Å². The number of hydrogen-bond donors (Lipinski definition) is 0. The van der Waals surface area contributed by atoms with Gasteiger partial charge >= 0.3 is 0 Å². The van der Waals surface area contributed by atoms with E-state index in [0.29, 0.717) is 24.9 Å². The summed E-state index contributed by atoms with van der Waals surface area (Å²) >= 11 is 0. The number of amides is 1. The molecule has 0 spiro atoms. The molecule has 1 aromatic carbocycles. The molecular weight excluding hydrogens is 342 g/mol. The van der Waals surface area contributed by atoms with Crippen LogP contribution in [0.2, 0.25) is 0 Å². The van der Waals surface area contributed by atoms with Gasteiger partial charge in [-0.2, -0.15) is 0 Å². The molecule has 3 aromatic rings. The SMILES string of the molecule is CCc1nnc(CN2CCCN(C(=O)c3cccc4c3ccn4C)CC2)o1. The van der Waals surface area contributed by atoms with E-state index in [2.05, 4.69) is 15.1 Å². The number of benzene rings is 1. The van der Waals surface area contributed by atoms with E-state index in [4.69, 9.17) is 4.42 Å². The van der Waals surface area contributed by atoms with Gasteiger partial charge in [0.2, 0.25) is 11.8 Å². The van der Waals surface area contributed by atoms with Crippen LogP contribution in [0, 0.1) is 0 Å². The molecule has 4 rings (SSSR count). The van der Waals surface area contributed by atoms with Crippen molar-refractivity contribution in [2.45, 2.75) is 26.3 Å². The minimum Gasteiger partial charge on any atom is -0.424 e. The minimum atomic E-state index is 0.111. The van der Waals surface area contributed by atoms with Gasteiger partial charge in [0, 0.05) is 62.3 Å². The van der Waals surface area contributed by atoms with E-state index in [1.807, 2.05) is 53.9 Å². The first-order chi connectivity index (χ1) is 13.2. The first kappa shape index (κ1) is 17.7. The zero-order chi connectivity index (χ0) is 18.8. The molecule has 0 unspecified atom stereocenters. The third kappa shape index (κ3) is 3.60. The fraction of sp³-hybridized carbons (Fsp3) is 0.450. The highest BCUT2D eigenvalue weighted by molar-refractivity contribution is 6.06. The smallest absolute Gasteiger partial charge is 0.254 e. The van der Waals surface area contributed by atoms with E-state index in [0.717, 1.165) is 48.9 Å². The summed E-state index contributed by atoms with van der Waals surface area (Å²) in [5.74, 6) is 1.44. The van der Waals surface area contributed by atoms with Gasteiger partial charge in [-0.15, -0.1) is 10.2 Å². The van der Waals surface area contributed by atoms with Crippen molar-refractivity contribution >= 4 is 16.8 Å². The summed E-state index contributed by atoms with van der Waals surface area (Å²) in [7, 11) is 2.00. The lowest BCUT2D eigenvalue weighted by Crippen LogP contribution is -2.35. The summed E-state index contributed by atoms with van der Waals surface area (Å²) < 4.78 is 7.67. The fourth-order valence-corrected chi connectivity index (χ4v) is 3.68. The third-order valence-electron chi connectivity index (χ3n) is 5.20. The maximum Gasteiger partial charge on any atom is 0.254 e. The topological polar surface area (TPSA) is 67.4 Å². The highest BCUT2D eigenvalue weighted by Gasteiger charge is 2.23. The standard InChI is InChI=1S/C20H25N5O2/c1-3-18-21-22-19(27-18)14-24-9-5-10-25(13-12-24)20(26)16-6-4-7-17-15(16)8-11-23(17)2/h4,6-8,11H,3,5,9-10,12-14H2,1-2H3. The van der Waals surface area contributed by atoms with Crippen LogP contribution in [0.1, 0.15) is 35.5 Å².